The quantitative estimate of drug-likeness (QED) is 0.497. The summed E-state index contributed by atoms with van der Waals surface area (Å²) in [5.41, 5.74) is 0.940. The van der Waals surface area contributed by atoms with Crippen molar-refractivity contribution < 1.29 is 19.1 Å². The number of anilines is 1. The van der Waals surface area contributed by atoms with E-state index in [0.29, 0.717) is 17.0 Å². The highest BCUT2D eigenvalue weighted by Crippen LogP contribution is 2.46. The third-order valence-electron chi connectivity index (χ3n) is 6.02. The van der Waals surface area contributed by atoms with Crippen LogP contribution in [-0.4, -0.2) is 48.0 Å². The van der Waals surface area contributed by atoms with Crippen molar-refractivity contribution in [2.45, 2.75) is 12.1 Å². The van der Waals surface area contributed by atoms with Gasteiger partial charge in [-0.2, -0.15) is 5.10 Å². The van der Waals surface area contributed by atoms with Crippen molar-refractivity contribution in [1.29, 1.82) is 0 Å². The normalized spacial score (nSPS) is 26.3. The molecule has 7 nitrogen and oxygen atoms in total. The van der Waals surface area contributed by atoms with Gasteiger partial charge >= 0.3 is 0 Å². The first kappa shape index (κ1) is 19.7. The van der Waals surface area contributed by atoms with Crippen LogP contribution in [0.1, 0.15) is 10.4 Å². The van der Waals surface area contributed by atoms with E-state index in [1.54, 1.807) is 72.9 Å². The van der Waals surface area contributed by atoms with Crippen LogP contribution in [0, 0.1) is 11.8 Å². The standard InChI is InChI=1S/C23H18BrN3O4/c1-31-16-10-4-13(5-11-16)21(28)20-19-18(17-3-2-12-25-27(17)20)22(29)26(23(19)30)15-8-6-14(24)7-9-15/h2-12,17-20H,1H3/t17-,18-,19+,20+/m1/s1. The molecule has 0 N–H and O–H groups in total. The Morgan fingerprint density at radius 2 is 1.68 bits per heavy atom. The number of Topliss-reactive ketones (excluding diaryl/α,β-unsaturated/α-hetero) is 1. The molecule has 0 unspecified atom stereocenters. The fourth-order valence-electron chi connectivity index (χ4n) is 4.61. The molecule has 0 spiro atoms. The maximum atomic E-state index is 13.5. The zero-order valence-corrected chi connectivity index (χ0v) is 18.1. The number of allylic oxidation sites excluding steroid dienone is 1. The lowest BCUT2D eigenvalue weighted by Gasteiger charge is -2.30. The number of nitrogens with zero attached hydrogens (tertiary/aromatic N) is 3. The van der Waals surface area contributed by atoms with Crippen molar-refractivity contribution in [2.24, 2.45) is 16.9 Å². The van der Waals surface area contributed by atoms with Crippen LogP contribution in [0.25, 0.3) is 0 Å². The number of amides is 2. The summed E-state index contributed by atoms with van der Waals surface area (Å²) < 4.78 is 6.02. The van der Waals surface area contributed by atoms with Crippen LogP contribution in [0.2, 0.25) is 0 Å². The second-order valence-electron chi connectivity index (χ2n) is 7.60. The lowest BCUT2D eigenvalue weighted by Crippen LogP contribution is -2.46. The van der Waals surface area contributed by atoms with Gasteiger partial charge in [0.25, 0.3) is 0 Å². The number of hydrogen-bond acceptors (Lipinski definition) is 6. The first-order valence-electron chi connectivity index (χ1n) is 9.82. The molecule has 2 aromatic rings. The number of hydrazone groups is 1. The van der Waals surface area contributed by atoms with Crippen molar-refractivity contribution >= 4 is 45.4 Å². The molecular formula is C23H18BrN3O4. The smallest absolute Gasteiger partial charge is 0.240 e. The molecule has 2 fully saturated rings. The van der Waals surface area contributed by atoms with E-state index in [0.717, 1.165) is 4.47 Å². The second kappa shape index (κ2) is 7.46. The Hall–Kier alpha value is -3.26. The molecule has 156 valence electrons. The SMILES string of the molecule is COc1ccc(C(=O)[C@@H]2[C@H]3C(=O)N(c4ccc(Br)cc4)C(=O)[C@@H]3[C@H]3C=CC=NN32)cc1. The maximum Gasteiger partial charge on any atom is 0.240 e. The predicted molar refractivity (Wildman–Crippen MR) is 118 cm³/mol. The van der Waals surface area contributed by atoms with Gasteiger partial charge in [0, 0.05) is 16.3 Å². The molecule has 0 aromatic heterocycles. The van der Waals surface area contributed by atoms with Crippen molar-refractivity contribution in [3.05, 3.63) is 70.7 Å². The summed E-state index contributed by atoms with van der Waals surface area (Å²) >= 11 is 3.37. The second-order valence-corrected chi connectivity index (χ2v) is 8.51. The average molecular weight is 480 g/mol. The monoisotopic (exact) mass is 479 g/mol. The fourth-order valence-corrected chi connectivity index (χ4v) is 4.87. The zero-order chi connectivity index (χ0) is 21.7. The molecule has 0 saturated carbocycles. The van der Waals surface area contributed by atoms with Gasteiger partial charge in [-0.05, 0) is 54.6 Å². The highest BCUT2D eigenvalue weighted by molar-refractivity contribution is 9.10. The van der Waals surface area contributed by atoms with Gasteiger partial charge in [-0.25, -0.2) is 4.90 Å². The number of rotatable bonds is 4. The third-order valence-corrected chi connectivity index (χ3v) is 6.55. The van der Waals surface area contributed by atoms with Crippen molar-refractivity contribution in [1.82, 2.24) is 5.01 Å². The molecule has 0 radical (unpaired) electrons. The Bertz CT molecular complexity index is 1130. The first-order chi connectivity index (χ1) is 15.0. The number of carbonyl (C=O) groups excluding carboxylic acids is 3. The summed E-state index contributed by atoms with van der Waals surface area (Å²) in [6.07, 6.45) is 5.16. The highest BCUT2D eigenvalue weighted by atomic mass is 79.9. The van der Waals surface area contributed by atoms with Gasteiger partial charge in [-0.15, -0.1) is 0 Å². The number of hydrogen-bond donors (Lipinski definition) is 0. The average Bonchev–Trinajstić information content (AvgIpc) is 3.27. The van der Waals surface area contributed by atoms with Gasteiger partial charge in [0.1, 0.15) is 11.8 Å². The van der Waals surface area contributed by atoms with Gasteiger partial charge in [0.15, 0.2) is 5.78 Å². The topological polar surface area (TPSA) is 79.3 Å². The van der Waals surface area contributed by atoms with E-state index in [1.807, 2.05) is 6.08 Å². The summed E-state index contributed by atoms with van der Waals surface area (Å²) in [4.78, 5) is 41.6. The number of halogens is 1. The van der Waals surface area contributed by atoms with E-state index in [2.05, 4.69) is 21.0 Å². The van der Waals surface area contributed by atoms with Crippen LogP contribution >= 0.6 is 15.9 Å². The van der Waals surface area contributed by atoms with E-state index in [9.17, 15) is 14.4 Å². The predicted octanol–water partition coefficient (Wildman–Crippen LogP) is 3.05. The number of fused-ring (bicyclic) bond motifs is 3. The van der Waals surface area contributed by atoms with Gasteiger partial charge in [-0.1, -0.05) is 22.0 Å². The largest absolute Gasteiger partial charge is 0.497 e. The number of imide groups is 1. The van der Waals surface area contributed by atoms with Gasteiger partial charge in [-0.3, -0.25) is 19.4 Å². The van der Waals surface area contributed by atoms with E-state index in [-0.39, 0.29) is 17.6 Å². The minimum Gasteiger partial charge on any atom is -0.497 e. The van der Waals surface area contributed by atoms with E-state index in [1.165, 1.54) is 4.90 Å². The van der Waals surface area contributed by atoms with Crippen LogP contribution in [0.3, 0.4) is 0 Å². The van der Waals surface area contributed by atoms with Crippen molar-refractivity contribution in [3.63, 3.8) is 0 Å². The first-order valence-corrected chi connectivity index (χ1v) is 10.6. The summed E-state index contributed by atoms with van der Waals surface area (Å²) in [5, 5.41) is 5.97. The summed E-state index contributed by atoms with van der Waals surface area (Å²) in [5.74, 6) is -1.77. The summed E-state index contributed by atoms with van der Waals surface area (Å²) in [6.45, 7) is 0. The molecule has 4 atom stereocenters. The third kappa shape index (κ3) is 3.01. The number of ketones is 1. The van der Waals surface area contributed by atoms with Crippen molar-refractivity contribution in [3.8, 4) is 5.75 Å². The van der Waals surface area contributed by atoms with Crippen LogP contribution < -0.4 is 9.64 Å². The Balaban J connectivity index is 1.55. The Morgan fingerprint density at radius 3 is 2.35 bits per heavy atom. The van der Waals surface area contributed by atoms with E-state index in [4.69, 9.17) is 4.74 Å². The van der Waals surface area contributed by atoms with Crippen LogP contribution in [0.15, 0.2) is 70.3 Å². The molecule has 8 heteroatoms. The number of carbonyl (C=O) groups is 3. The molecule has 3 aliphatic rings. The lowest BCUT2D eigenvalue weighted by atomic mass is 9.86. The Morgan fingerprint density at radius 1 is 1.00 bits per heavy atom. The molecule has 31 heavy (non-hydrogen) atoms. The number of ether oxygens (including phenoxy) is 1. The minimum atomic E-state index is -0.860. The highest BCUT2D eigenvalue weighted by Gasteiger charge is 2.64. The summed E-state index contributed by atoms with van der Waals surface area (Å²) in [7, 11) is 1.55. The molecule has 0 bridgehead atoms. The molecule has 2 aromatic carbocycles. The Kier molecular flexibility index (Phi) is 4.74. The molecule has 3 aliphatic heterocycles. The zero-order valence-electron chi connectivity index (χ0n) is 16.5. The van der Waals surface area contributed by atoms with Crippen LogP contribution in [-0.2, 0) is 9.59 Å². The number of methoxy groups -OCH3 is 1. The fraction of sp³-hybridized carbons (Fsp3) is 0.217. The Labute approximate surface area is 187 Å². The van der Waals surface area contributed by atoms with E-state index >= 15 is 0 Å². The lowest BCUT2D eigenvalue weighted by molar-refractivity contribution is -0.123. The van der Waals surface area contributed by atoms with Crippen LogP contribution in [0.5, 0.6) is 5.75 Å². The molecule has 2 saturated heterocycles. The maximum absolute atomic E-state index is 13.5. The van der Waals surface area contributed by atoms with E-state index < -0.39 is 23.9 Å². The minimum absolute atomic E-state index is 0.244. The summed E-state index contributed by atoms with van der Waals surface area (Å²) in [6, 6.07) is 12.4. The van der Waals surface area contributed by atoms with Gasteiger partial charge in [0.05, 0.1) is 30.7 Å². The molecule has 3 heterocycles. The van der Waals surface area contributed by atoms with Crippen molar-refractivity contribution in [2.75, 3.05) is 12.0 Å². The molecule has 0 aliphatic carbocycles. The number of benzene rings is 2. The molecular weight excluding hydrogens is 462 g/mol. The van der Waals surface area contributed by atoms with Gasteiger partial charge in [0.2, 0.25) is 11.8 Å². The van der Waals surface area contributed by atoms with Gasteiger partial charge < -0.3 is 4.74 Å². The molecule has 5 rings (SSSR count). The molecule has 2 amide bonds. The van der Waals surface area contributed by atoms with Crippen LogP contribution in [0.4, 0.5) is 5.69 Å².